The third-order valence-electron chi connectivity index (χ3n) is 5.28. The van der Waals surface area contributed by atoms with E-state index in [-0.39, 0.29) is 29.6 Å². The van der Waals surface area contributed by atoms with Gasteiger partial charge in [0.05, 0.1) is 35.0 Å². The van der Waals surface area contributed by atoms with E-state index in [4.69, 9.17) is 4.74 Å². The second kappa shape index (κ2) is 9.56. The molecule has 2 amide bonds. The van der Waals surface area contributed by atoms with Gasteiger partial charge in [0.1, 0.15) is 11.4 Å². The number of aryl methyl sites for hydroxylation is 2. The molecule has 0 atom stereocenters. The average Bonchev–Trinajstić information content (AvgIpc) is 3.53. The number of hydrogen-bond donors (Lipinski definition) is 2. The Kier molecular flexibility index (Phi) is 6.51. The SMILES string of the molecule is Cc1c(NC(=O)c2c(NC(=O)c3ccn(COc4cccc(C(F)(F)F)c4)n3)cnn2C)cnn1C. The molecule has 3 heterocycles. The second-order valence-corrected chi connectivity index (χ2v) is 7.75. The molecule has 11 nitrogen and oxygen atoms in total. The number of hydrogen-bond acceptors (Lipinski definition) is 6. The summed E-state index contributed by atoms with van der Waals surface area (Å²) in [6.45, 7) is 1.57. The fourth-order valence-electron chi connectivity index (χ4n) is 3.25. The van der Waals surface area contributed by atoms with Gasteiger partial charge in [-0.15, -0.1) is 0 Å². The predicted octanol–water partition coefficient (Wildman–Crippen LogP) is 3.22. The monoisotopic (exact) mass is 502 g/mol. The molecule has 1 aromatic carbocycles. The molecule has 0 bridgehead atoms. The van der Waals surface area contributed by atoms with Gasteiger partial charge < -0.3 is 15.4 Å². The summed E-state index contributed by atoms with van der Waals surface area (Å²) in [5.41, 5.74) is 0.696. The predicted molar refractivity (Wildman–Crippen MR) is 121 cm³/mol. The first-order valence-electron chi connectivity index (χ1n) is 10.5. The number of halogens is 3. The van der Waals surface area contributed by atoms with Crippen LogP contribution in [-0.4, -0.2) is 41.2 Å². The first-order chi connectivity index (χ1) is 17.0. The molecule has 0 aliphatic heterocycles. The fraction of sp³-hybridized carbons (Fsp3) is 0.227. The molecular formula is C22H21F3N8O3. The quantitative estimate of drug-likeness (QED) is 0.400. The van der Waals surface area contributed by atoms with Crippen LogP contribution < -0.4 is 15.4 Å². The minimum absolute atomic E-state index is 0.000886. The molecule has 4 aromatic rings. The largest absolute Gasteiger partial charge is 0.471 e. The molecule has 0 saturated heterocycles. The number of nitrogens with zero attached hydrogens (tertiary/aromatic N) is 6. The Morgan fingerprint density at radius 3 is 2.39 bits per heavy atom. The van der Waals surface area contributed by atoms with Crippen LogP contribution in [0.2, 0.25) is 0 Å². The zero-order valence-electron chi connectivity index (χ0n) is 19.4. The Hall–Kier alpha value is -4.62. The summed E-state index contributed by atoms with van der Waals surface area (Å²) in [5, 5.41) is 17.5. The second-order valence-electron chi connectivity index (χ2n) is 7.75. The van der Waals surface area contributed by atoms with Crippen molar-refractivity contribution >= 4 is 23.2 Å². The van der Waals surface area contributed by atoms with Crippen LogP contribution in [0.5, 0.6) is 5.75 Å². The lowest BCUT2D eigenvalue weighted by Gasteiger charge is -2.10. The van der Waals surface area contributed by atoms with E-state index in [1.807, 2.05) is 0 Å². The number of alkyl halides is 3. The van der Waals surface area contributed by atoms with E-state index in [9.17, 15) is 22.8 Å². The highest BCUT2D eigenvalue weighted by Crippen LogP contribution is 2.31. The number of carbonyl (C=O) groups excluding carboxylic acids is 2. The number of aromatic nitrogens is 6. The Morgan fingerprint density at radius 1 is 1.00 bits per heavy atom. The summed E-state index contributed by atoms with van der Waals surface area (Å²) < 4.78 is 48.1. The highest BCUT2D eigenvalue weighted by atomic mass is 19.4. The minimum Gasteiger partial charge on any atom is -0.471 e. The Balaban J connectivity index is 1.41. The Bertz CT molecular complexity index is 1420. The molecule has 0 radical (unpaired) electrons. The number of nitrogens with one attached hydrogen (secondary N) is 2. The molecule has 0 spiro atoms. The summed E-state index contributed by atoms with van der Waals surface area (Å²) in [6.07, 6.45) is -0.216. The summed E-state index contributed by atoms with van der Waals surface area (Å²) in [7, 11) is 3.30. The van der Waals surface area contributed by atoms with E-state index in [0.717, 1.165) is 17.8 Å². The molecule has 0 fully saturated rings. The lowest BCUT2D eigenvalue weighted by Crippen LogP contribution is -2.21. The van der Waals surface area contributed by atoms with Crippen molar-refractivity contribution in [2.45, 2.75) is 19.8 Å². The topological polar surface area (TPSA) is 121 Å². The molecule has 0 unspecified atom stereocenters. The maximum atomic E-state index is 12.9. The number of benzene rings is 1. The molecule has 0 aliphatic carbocycles. The van der Waals surface area contributed by atoms with Crippen molar-refractivity contribution < 1.29 is 27.5 Å². The highest BCUT2D eigenvalue weighted by Gasteiger charge is 2.30. The van der Waals surface area contributed by atoms with Crippen molar-refractivity contribution in [2.24, 2.45) is 14.1 Å². The van der Waals surface area contributed by atoms with E-state index >= 15 is 0 Å². The van der Waals surface area contributed by atoms with Gasteiger partial charge in [0.2, 0.25) is 0 Å². The zero-order chi connectivity index (χ0) is 26.0. The van der Waals surface area contributed by atoms with Crippen molar-refractivity contribution in [3.8, 4) is 5.75 Å². The van der Waals surface area contributed by atoms with Crippen molar-refractivity contribution in [1.29, 1.82) is 0 Å². The van der Waals surface area contributed by atoms with Crippen LogP contribution in [0.4, 0.5) is 24.5 Å². The standard InChI is InChI=1S/C22H21F3N8O3/c1-13-17(10-26-31(13)2)28-21(35)19-18(11-27-32(19)3)29-20(34)16-7-8-33(30-16)12-36-15-6-4-5-14(9-15)22(23,24)25/h4-11H,12H2,1-3H3,(H,28,35)(H,29,34). The molecular weight excluding hydrogens is 481 g/mol. The first kappa shape index (κ1) is 24.5. The van der Waals surface area contributed by atoms with Crippen molar-refractivity contribution in [3.63, 3.8) is 0 Å². The maximum absolute atomic E-state index is 12.9. The van der Waals surface area contributed by atoms with Gasteiger partial charge in [-0.3, -0.25) is 19.0 Å². The molecule has 14 heteroatoms. The van der Waals surface area contributed by atoms with Gasteiger partial charge in [-0.2, -0.15) is 28.5 Å². The lowest BCUT2D eigenvalue weighted by molar-refractivity contribution is -0.137. The molecule has 0 aliphatic rings. The van der Waals surface area contributed by atoms with Crippen LogP contribution in [-0.2, 0) is 27.0 Å². The number of ether oxygens (including phenoxy) is 1. The van der Waals surface area contributed by atoms with Crippen molar-refractivity contribution in [2.75, 3.05) is 10.6 Å². The smallest absolute Gasteiger partial charge is 0.416 e. The van der Waals surface area contributed by atoms with Gasteiger partial charge in [0.15, 0.2) is 12.4 Å². The first-order valence-corrected chi connectivity index (χ1v) is 10.5. The highest BCUT2D eigenvalue weighted by molar-refractivity contribution is 6.11. The van der Waals surface area contributed by atoms with Crippen LogP contribution in [0.1, 0.15) is 32.2 Å². The van der Waals surface area contributed by atoms with Gasteiger partial charge in [0, 0.05) is 20.3 Å². The van der Waals surface area contributed by atoms with Crippen LogP contribution in [0.15, 0.2) is 48.9 Å². The molecule has 188 valence electrons. The third kappa shape index (κ3) is 5.21. The van der Waals surface area contributed by atoms with Crippen LogP contribution in [0.25, 0.3) is 0 Å². The Morgan fingerprint density at radius 2 is 1.69 bits per heavy atom. The van der Waals surface area contributed by atoms with Crippen LogP contribution in [0, 0.1) is 6.92 Å². The van der Waals surface area contributed by atoms with Crippen molar-refractivity contribution in [3.05, 3.63) is 71.6 Å². The van der Waals surface area contributed by atoms with Gasteiger partial charge in [0.25, 0.3) is 11.8 Å². The Labute approximate surface area is 202 Å². The van der Waals surface area contributed by atoms with Gasteiger partial charge in [-0.1, -0.05) is 6.07 Å². The van der Waals surface area contributed by atoms with Gasteiger partial charge >= 0.3 is 6.18 Å². The maximum Gasteiger partial charge on any atom is 0.416 e. The number of anilines is 2. The number of carbonyl (C=O) groups is 2. The van der Waals surface area contributed by atoms with E-state index in [1.54, 1.807) is 25.7 Å². The fourth-order valence-corrected chi connectivity index (χ4v) is 3.25. The third-order valence-corrected chi connectivity index (χ3v) is 5.28. The summed E-state index contributed by atoms with van der Waals surface area (Å²) in [5.74, 6) is -1.12. The van der Waals surface area contributed by atoms with E-state index in [1.165, 1.54) is 46.2 Å². The van der Waals surface area contributed by atoms with Crippen LogP contribution >= 0.6 is 0 Å². The zero-order valence-corrected chi connectivity index (χ0v) is 19.4. The minimum atomic E-state index is -4.49. The number of amides is 2. The van der Waals surface area contributed by atoms with E-state index in [2.05, 4.69) is 25.9 Å². The average molecular weight is 502 g/mol. The van der Waals surface area contributed by atoms with Gasteiger partial charge in [-0.25, -0.2) is 4.68 Å². The van der Waals surface area contributed by atoms with E-state index < -0.39 is 23.6 Å². The molecule has 4 rings (SSSR count). The summed E-state index contributed by atoms with van der Waals surface area (Å²) >= 11 is 0. The molecule has 0 saturated carbocycles. The van der Waals surface area contributed by atoms with Gasteiger partial charge in [-0.05, 0) is 31.2 Å². The normalized spacial score (nSPS) is 11.4. The number of rotatable bonds is 7. The van der Waals surface area contributed by atoms with Crippen molar-refractivity contribution in [1.82, 2.24) is 29.3 Å². The molecule has 3 aromatic heterocycles. The lowest BCUT2D eigenvalue weighted by atomic mass is 10.2. The van der Waals surface area contributed by atoms with E-state index in [0.29, 0.717) is 5.69 Å². The molecule has 36 heavy (non-hydrogen) atoms. The summed E-state index contributed by atoms with van der Waals surface area (Å²) in [4.78, 5) is 25.6. The van der Waals surface area contributed by atoms with Crippen LogP contribution in [0.3, 0.4) is 0 Å². The summed E-state index contributed by atoms with van der Waals surface area (Å²) in [6, 6.07) is 5.83. The molecule has 2 N–H and O–H groups in total.